The Kier molecular flexibility index (Phi) is 3.76. The Labute approximate surface area is 111 Å². The van der Waals surface area contributed by atoms with Crippen molar-refractivity contribution in [1.82, 2.24) is 15.0 Å². The van der Waals surface area contributed by atoms with E-state index in [0.29, 0.717) is 5.82 Å². The number of nitrogens with two attached hydrogens (primary N) is 1. The van der Waals surface area contributed by atoms with Gasteiger partial charge in [-0.3, -0.25) is 0 Å². The van der Waals surface area contributed by atoms with Crippen LogP contribution in [0.1, 0.15) is 23.2 Å². The molecular weight excluding hydrogens is 246 g/mol. The summed E-state index contributed by atoms with van der Waals surface area (Å²) in [5.41, 5.74) is 7.92. The van der Waals surface area contributed by atoms with Crippen molar-refractivity contribution in [3.05, 3.63) is 28.0 Å². The van der Waals surface area contributed by atoms with Crippen LogP contribution in [0.5, 0.6) is 0 Å². The van der Waals surface area contributed by atoms with Gasteiger partial charge in [-0.25, -0.2) is 15.0 Å². The molecule has 0 aliphatic rings. The lowest BCUT2D eigenvalue weighted by Crippen LogP contribution is -2.20. The number of aromatic nitrogens is 3. The SMILES string of the molecule is CCc1c(N)ncnc1N(C)Cc1csc(C)n1. The highest BCUT2D eigenvalue weighted by Crippen LogP contribution is 2.22. The molecule has 2 aromatic rings. The maximum absolute atomic E-state index is 5.88. The first-order valence-electron chi connectivity index (χ1n) is 5.83. The number of hydrogen-bond donors (Lipinski definition) is 1. The molecule has 0 aliphatic carbocycles. The highest BCUT2D eigenvalue weighted by Gasteiger charge is 2.12. The second-order valence-electron chi connectivity index (χ2n) is 4.13. The van der Waals surface area contributed by atoms with Crippen molar-refractivity contribution >= 4 is 23.0 Å². The molecular formula is C12H17N5S. The van der Waals surface area contributed by atoms with E-state index in [1.165, 1.54) is 6.33 Å². The first kappa shape index (κ1) is 12.8. The fraction of sp³-hybridized carbons (Fsp3) is 0.417. The molecule has 2 heterocycles. The molecule has 0 fully saturated rings. The molecule has 18 heavy (non-hydrogen) atoms. The Bertz CT molecular complexity index is 537. The van der Waals surface area contributed by atoms with Crippen molar-refractivity contribution in [3.63, 3.8) is 0 Å². The molecule has 0 saturated heterocycles. The summed E-state index contributed by atoms with van der Waals surface area (Å²) in [5, 5.41) is 3.15. The van der Waals surface area contributed by atoms with Gasteiger partial charge in [0, 0.05) is 18.0 Å². The van der Waals surface area contributed by atoms with E-state index in [2.05, 4.69) is 32.2 Å². The van der Waals surface area contributed by atoms with Crippen LogP contribution in [0, 0.1) is 6.92 Å². The molecule has 6 heteroatoms. The van der Waals surface area contributed by atoms with Crippen molar-refractivity contribution in [2.45, 2.75) is 26.8 Å². The third-order valence-electron chi connectivity index (χ3n) is 2.74. The fourth-order valence-electron chi connectivity index (χ4n) is 1.88. The zero-order chi connectivity index (χ0) is 13.1. The zero-order valence-corrected chi connectivity index (χ0v) is 11.7. The monoisotopic (exact) mass is 263 g/mol. The number of anilines is 2. The van der Waals surface area contributed by atoms with Gasteiger partial charge >= 0.3 is 0 Å². The molecule has 0 aromatic carbocycles. The summed E-state index contributed by atoms with van der Waals surface area (Å²) in [6.45, 7) is 4.79. The van der Waals surface area contributed by atoms with Gasteiger partial charge in [-0.05, 0) is 13.3 Å². The van der Waals surface area contributed by atoms with Crippen LogP contribution in [0.4, 0.5) is 11.6 Å². The van der Waals surface area contributed by atoms with E-state index in [1.807, 2.05) is 14.0 Å². The summed E-state index contributed by atoms with van der Waals surface area (Å²) in [5.74, 6) is 1.44. The molecule has 2 rings (SSSR count). The van der Waals surface area contributed by atoms with E-state index in [-0.39, 0.29) is 0 Å². The molecule has 0 radical (unpaired) electrons. The summed E-state index contributed by atoms with van der Waals surface area (Å²) in [4.78, 5) is 14.9. The number of hydrogen-bond acceptors (Lipinski definition) is 6. The van der Waals surface area contributed by atoms with E-state index in [1.54, 1.807) is 11.3 Å². The Balaban J connectivity index is 2.23. The van der Waals surface area contributed by atoms with Gasteiger partial charge in [0.15, 0.2) is 0 Å². The van der Waals surface area contributed by atoms with Gasteiger partial charge in [-0.1, -0.05) is 6.92 Å². The predicted molar refractivity (Wildman–Crippen MR) is 74.8 cm³/mol. The van der Waals surface area contributed by atoms with Crippen molar-refractivity contribution in [1.29, 1.82) is 0 Å². The second kappa shape index (κ2) is 5.30. The van der Waals surface area contributed by atoms with Crippen LogP contribution >= 0.6 is 11.3 Å². The van der Waals surface area contributed by atoms with Gasteiger partial charge in [0.25, 0.3) is 0 Å². The molecule has 5 nitrogen and oxygen atoms in total. The van der Waals surface area contributed by atoms with E-state index in [0.717, 1.165) is 35.0 Å². The highest BCUT2D eigenvalue weighted by atomic mass is 32.1. The van der Waals surface area contributed by atoms with Gasteiger partial charge in [-0.15, -0.1) is 11.3 Å². The third kappa shape index (κ3) is 2.59. The third-order valence-corrected chi connectivity index (χ3v) is 3.56. The van der Waals surface area contributed by atoms with Crippen LogP contribution in [0.25, 0.3) is 0 Å². The minimum atomic E-state index is 0.559. The Morgan fingerprint density at radius 2 is 2.17 bits per heavy atom. The van der Waals surface area contributed by atoms with Crippen LogP contribution in [-0.2, 0) is 13.0 Å². The lowest BCUT2D eigenvalue weighted by Gasteiger charge is -2.20. The first-order chi connectivity index (χ1) is 8.61. The van der Waals surface area contributed by atoms with Crippen LogP contribution in [-0.4, -0.2) is 22.0 Å². The fourth-order valence-corrected chi connectivity index (χ4v) is 2.49. The smallest absolute Gasteiger partial charge is 0.137 e. The topological polar surface area (TPSA) is 67.9 Å². The number of nitrogen functional groups attached to an aromatic ring is 1. The minimum absolute atomic E-state index is 0.559. The Hall–Kier alpha value is -1.69. The number of thiazole rings is 1. The van der Waals surface area contributed by atoms with Gasteiger partial charge in [0.2, 0.25) is 0 Å². The quantitative estimate of drug-likeness (QED) is 0.914. The van der Waals surface area contributed by atoms with Crippen molar-refractivity contribution in [3.8, 4) is 0 Å². The normalized spacial score (nSPS) is 10.6. The highest BCUT2D eigenvalue weighted by molar-refractivity contribution is 7.09. The predicted octanol–water partition coefficient (Wildman–Crippen LogP) is 2.02. The maximum Gasteiger partial charge on any atom is 0.137 e. The molecule has 2 aromatic heterocycles. The van der Waals surface area contributed by atoms with Crippen molar-refractivity contribution < 1.29 is 0 Å². The molecule has 0 bridgehead atoms. The van der Waals surface area contributed by atoms with E-state index < -0.39 is 0 Å². The van der Waals surface area contributed by atoms with Crippen LogP contribution < -0.4 is 10.6 Å². The average molecular weight is 263 g/mol. The number of aryl methyl sites for hydroxylation is 1. The van der Waals surface area contributed by atoms with Gasteiger partial charge in [0.1, 0.15) is 18.0 Å². The summed E-state index contributed by atoms with van der Waals surface area (Å²) >= 11 is 1.66. The average Bonchev–Trinajstić information content (AvgIpc) is 2.74. The molecule has 2 N–H and O–H groups in total. The van der Waals surface area contributed by atoms with Crippen molar-refractivity contribution in [2.75, 3.05) is 17.7 Å². The van der Waals surface area contributed by atoms with Crippen molar-refractivity contribution in [2.24, 2.45) is 0 Å². The number of nitrogens with zero attached hydrogens (tertiary/aromatic N) is 4. The van der Waals surface area contributed by atoms with E-state index >= 15 is 0 Å². The lowest BCUT2D eigenvalue weighted by atomic mass is 10.2. The van der Waals surface area contributed by atoms with E-state index in [9.17, 15) is 0 Å². The Morgan fingerprint density at radius 1 is 1.39 bits per heavy atom. The zero-order valence-electron chi connectivity index (χ0n) is 10.8. The largest absolute Gasteiger partial charge is 0.383 e. The molecule has 0 saturated carbocycles. The van der Waals surface area contributed by atoms with Gasteiger partial charge < -0.3 is 10.6 Å². The molecule has 0 spiro atoms. The Morgan fingerprint density at radius 3 is 2.78 bits per heavy atom. The summed E-state index contributed by atoms with van der Waals surface area (Å²) in [6, 6.07) is 0. The molecule has 0 atom stereocenters. The summed E-state index contributed by atoms with van der Waals surface area (Å²) in [7, 11) is 2.00. The van der Waals surface area contributed by atoms with Crippen LogP contribution in [0.3, 0.4) is 0 Å². The van der Waals surface area contributed by atoms with Gasteiger partial charge in [0.05, 0.1) is 17.2 Å². The second-order valence-corrected chi connectivity index (χ2v) is 5.19. The lowest BCUT2D eigenvalue weighted by molar-refractivity contribution is 0.851. The molecule has 0 aliphatic heterocycles. The summed E-state index contributed by atoms with van der Waals surface area (Å²) < 4.78 is 0. The molecule has 0 unspecified atom stereocenters. The minimum Gasteiger partial charge on any atom is -0.383 e. The molecule has 0 amide bonds. The van der Waals surface area contributed by atoms with Crippen LogP contribution in [0.15, 0.2) is 11.7 Å². The summed E-state index contributed by atoms with van der Waals surface area (Å²) in [6.07, 6.45) is 2.33. The first-order valence-corrected chi connectivity index (χ1v) is 6.71. The van der Waals surface area contributed by atoms with E-state index in [4.69, 9.17) is 5.73 Å². The maximum atomic E-state index is 5.88. The molecule has 96 valence electrons. The number of rotatable bonds is 4. The van der Waals surface area contributed by atoms with Gasteiger partial charge in [-0.2, -0.15) is 0 Å². The standard InChI is InChI=1S/C12H17N5S/c1-4-10-11(13)14-7-15-12(10)17(3)5-9-6-18-8(2)16-9/h6-7H,4-5H2,1-3H3,(H2,13,14,15). The van der Waals surface area contributed by atoms with Crippen LogP contribution in [0.2, 0.25) is 0 Å².